The minimum Gasteiger partial charge on any atom is -0.481 e. The first kappa shape index (κ1) is 20.2. The van der Waals surface area contributed by atoms with Crippen LogP contribution in [0.15, 0.2) is 30.3 Å². The lowest BCUT2D eigenvalue weighted by molar-refractivity contribution is -0.147. The number of carbonyl (C=O) groups excluding carboxylic acids is 1. The molecule has 1 aromatic carbocycles. The Morgan fingerprint density at radius 3 is 2.09 bits per heavy atom. The molecule has 1 atom stereocenters. The van der Waals surface area contributed by atoms with Crippen molar-refractivity contribution in [1.29, 1.82) is 0 Å². The van der Waals surface area contributed by atoms with E-state index in [0.717, 1.165) is 12.0 Å². The molecular weight excluding hydrogens is 278 g/mol. The number of carbonyl (C=O) groups is 2. The van der Waals surface area contributed by atoms with Crippen LogP contribution in [-0.2, 0) is 16.1 Å². The van der Waals surface area contributed by atoms with Gasteiger partial charge in [-0.2, -0.15) is 0 Å². The SMILES string of the molecule is CCC(C)(C)C(=O)O.CCC(C)C(=O)NCc1ccccc1. The molecule has 0 bridgehead atoms. The van der Waals surface area contributed by atoms with Crippen molar-refractivity contribution in [2.24, 2.45) is 11.3 Å². The van der Waals surface area contributed by atoms with E-state index in [4.69, 9.17) is 5.11 Å². The summed E-state index contributed by atoms with van der Waals surface area (Å²) in [5.41, 5.74) is 0.601. The number of carboxylic acid groups (broad SMARTS) is 1. The van der Waals surface area contributed by atoms with Gasteiger partial charge in [-0.05, 0) is 32.3 Å². The molecule has 0 saturated heterocycles. The average Bonchev–Trinajstić information content (AvgIpc) is 2.53. The van der Waals surface area contributed by atoms with Crippen LogP contribution in [0.5, 0.6) is 0 Å². The van der Waals surface area contributed by atoms with Gasteiger partial charge < -0.3 is 10.4 Å². The minimum absolute atomic E-state index is 0.110. The Balaban J connectivity index is 0.000000472. The van der Waals surface area contributed by atoms with Crippen molar-refractivity contribution in [1.82, 2.24) is 5.32 Å². The Morgan fingerprint density at radius 1 is 1.18 bits per heavy atom. The van der Waals surface area contributed by atoms with Crippen LogP contribution in [0.2, 0.25) is 0 Å². The smallest absolute Gasteiger partial charge is 0.309 e. The largest absolute Gasteiger partial charge is 0.481 e. The molecule has 0 saturated carbocycles. The Morgan fingerprint density at radius 2 is 1.73 bits per heavy atom. The Hall–Kier alpha value is -1.84. The number of amides is 1. The number of rotatable bonds is 6. The van der Waals surface area contributed by atoms with E-state index in [2.05, 4.69) is 5.32 Å². The maximum atomic E-state index is 11.4. The predicted octanol–water partition coefficient (Wildman–Crippen LogP) is 3.86. The third-order valence-corrected chi connectivity index (χ3v) is 3.83. The average molecular weight is 307 g/mol. The maximum absolute atomic E-state index is 11.4. The number of aliphatic carboxylic acids is 1. The van der Waals surface area contributed by atoms with Crippen molar-refractivity contribution in [2.75, 3.05) is 0 Å². The Kier molecular flexibility index (Phi) is 9.15. The number of carboxylic acids is 1. The molecule has 0 aromatic heterocycles. The summed E-state index contributed by atoms with van der Waals surface area (Å²) >= 11 is 0. The quantitative estimate of drug-likeness (QED) is 0.838. The van der Waals surface area contributed by atoms with E-state index in [1.807, 2.05) is 51.1 Å². The van der Waals surface area contributed by atoms with Gasteiger partial charge in [-0.1, -0.05) is 51.1 Å². The molecular formula is C18H29NO3. The molecule has 1 aromatic rings. The fraction of sp³-hybridized carbons (Fsp3) is 0.556. The molecule has 1 rings (SSSR count). The highest BCUT2D eigenvalue weighted by Gasteiger charge is 2.23. The third-order valence-electron chi connectivity index (χ3n) is 3.83. The molecule has 124 valence electrons. The van der Waals surface area contributed by atoms with Gasteiger partial charge in [-0.3, -0.25) is 9.59 Å². The number of hydrogen-bond acceptors (Lipinski definition) is 2. The van der Waals surface area contributed by atoms with Crippen molar-refractivity contribution in [2.45, 2.75) is 54.0 Å². The summed E-state index contributed by atoms with van der Waals surface area (Å²) in [4.78, 5) is 21.7. The second-order valence-corrected chi connectivity index (χ2v) is 6.06. The molecule has 0 aliphatic rings. The van der Waals surface area contributed by atoms with Gasteiger partial charge in [0.25, 0.3) is 0 Å². The second kappa shape index (κ2) is 9.98. The van der Waals surface area contributed by atoms with Crippen LogP contribution in [-0.4, -0.2) is 17.0 Å². The summed E-state index contributed by atoms with van der Waals surface area (Å²) in [6.07, 6.45) is 1.57. The molecule has 0 heterocycles. The van der Waals surface area contributed by atoms with E-state index in [9.17, 15) is 9.59 Å². The van der Waals surface area contributed by atoms with Crippen LogP contribution in [0.1, 0.15) is 53.0 Å². The van der Waals surface area contributed by atoms with E-state index in [0.29, 0.717) is 13.0 Å². The van der Waals surface area contributed by atoms with Gasteiger partial charge in [0.2, 0.25) is 5.91 Å². The highest BCUT2D eigenvalue weighted by Crippen LogP contribution is 2.18. The van der Waals surface area contributed by atoms with Crippen LogP contribution in [0.25, 0.3) is 0 Å². The number of nitrogens with one attached hydrogen (secondary N) is 1. The summed E-state index contributed by atoms with van der Waals surface area (Å²) < 4.78 is 0. The first-order valence-electron chi connectivity index (χ1n) is 7.79. The molecule has 4 nitrogen and oxygen atoms in total. The molecule has 0 spiro atoms. The van der Waals surface area contributed by atoms with Crippen molar-refractivity contribution >= 4 is 11.9 Å². The van der Waals surface area contributed by atoms with Gasteiger partial charge in [0.05, 0.1) is 5.41 Å². The molecule has 2 N–H and O–H groups in total. The Labute approximate surface area is 133 Å². The van der Waals surface area contributed by atoms with Crippen molar-refractivity contribution in [3.8, 4) is 0 Å². The maximum Gasteiger partial charge on any atom is 0.309 e. The van der Waals surface area contributed by atoms with Gasteiger partial charge >= 0.3 is 5.97 Å². The third kappa shape index (κ3) is 7.81. The molecule has 0 aliphatic carbocycles. The zero-order valence-electron chi connectivity index (χ0n) is 14.3. The van der Waals surface area contributed by atoms with Crippen molar-refractivity contribution in [3.05, 3.63) is 35.9 Å². The van der Waals surface area contributed by atoms with Crippen LogP contribution in [0, 0.1) is 11.3 Å². The zero-order chi connectivity index (χ0) is 17.2. The fourth-order valence-corrected chi connectivity index (χ4v) is 1.30. The van der Waals surface area contributed by atoms with Gasteiger partial charge in [0.15, 0.2) is 0 Å². The van der Waals surface area contributed by atoms with E-state index in [1.54, 1.807) is 13.8 Å². The van der Waals surface area contributed by atoms with Crippen LogP contribution in [0.3, 0.4) is 0 Å². The summed E-state index contributed by atoms with van der Waals surface area (Å²) in [6.45, 7) is 9.90. The van der Waals surface area contributed by atoms with Crippen molar-refractivity contribution < 1.29 is 14.7 Å². The summed E-state index contributed by atoms with van der Waals surface area (Å²) in [5.74, 6) is -0.477. The van der Waals surface area contributed by atoms with E-state index in [1.165, 1.54) is 0 Å². The lowest BCUT2D eigenvalue weighted by atomic mass is 9.91. The van der Waals surface area contributed by atoms with Crippen LogP contribution in [0.4, 0.5) is 0 Å². The van der Waals surface area contributed by atoms with E-state index < -0.39 is 11.4 Å². The van der Waals surface area contributed by atoms with Crippen molar-refractivity contribution in [3.63, 3.8) is 0 Å². The molecule has 1 unspecified atom stereocenters. The molecule has 22 heavy (non-hydrogen) atoms. The van der Waals surface area contributed by atoms with Gasteiger partial charge in [0.1, 0.15) is 0 Å². The van der Waals surface area contributed by atoms with Crippen LogP contribution < -0.4 is 5.32 Å². The highest BCUT2D eigenvalue weighted by molar-refractivity contribution is 5.78. The number of hydrogen-bond donors (Lipinski definition) is 2. The lowest BCUT2D eigenvalue weighted by Gasteiger charge is -2.14. The summed E-state index contributed by atoms with van der Waals surface area (Å²) in [5, 5.41) is 11.4. The van der Waals surface area contributed by atoms with Gasteiger partial charge in [-0.15, -0.1) is 0 Å². The van der Waals surface area contributed by atoms with Crippen LogP contribution >= 0.6 is 0 Å². The monoisotopic (exact) mass is 307 g/mol. The molecule has 1 amide bonds. The highest BCUT2D eigenvalue weighted by atomic mass is 16.4. The molecule has 0 fully saturated rings. The standard InChI is InChI=1S/C12H17NO.C6H12O2/c1-3-10(2)12(14)13-9-11-7-5-4-6-8-11;1-4-6(2,3)5(7)8/h4-8,10H,3,9H2,1-2H3,(H,13,14);4H2,1-3H3,(H,7,8). The summed E-state index contributed by atoms with van der Waals surface area (Å²) in [6, 6.07) is 9.95. The predicted molar refractivity (Wildman–Crippen MR) is 89.5 cm³/mol. The number of benzene rings is 1. The van der Waals surface area contributed by atoms with E-state index >= 15 is 0 Å². The second-order valence-electron chi connectivity index (χ2n) is 6.06. The Bertz CT molecular complexity index is 455. The normalized spacial score (nSPS) is 11.9. The first-order chi connectivity index (χ1) is 10.2. The molecule has 0 radical (unpaired) electrons. The summed E-state index contributed by atoms with van der Waals surface area (Å²) in [7, 11) is 0. The van der Waals surface area contributed by atoms with Gasteiger partial charge in [-0.25, -0.2) is 0 Å². The lowest BCUT2D eigenvalue weighted by Crippen LogP contribution is -2.28. The first-order valence-corrected chi connectivity index (χ1v) is 7.79. The minimum atomic E-state index is -0.722. The molecule has 0 aliphatic heterocycles. The van der Waals surface area contributed by atoms with E-state index in [-0.39, 0.29) is 11.8 Å². The fourth-order valence-electron chi connectivity index (χ4n) is 1.30. The zero-order valence-corrected chi connectivity index (χ0v) is 14.3. The van der Waals surface area contributed by atoms with Gasteiger partial charge in [0, 0.05) is 12.5 Å². The molecule has 4 heteroatoms. The topological polar surface area (TPSA) is 66.4 Å².